The highest BCUT2D eigenvalue weighted by Gasteiger charge is 2.58. The van der Waals surface area contributed by atoms with Gasteiger partial charge < -0.3 is 5.73 Å². The predicted octanol–water partition coefficient (Wildman–Crippen LogP) is 4.07. The van der Waals surface area contributed by atoms with E-state index in [1.165, 1.54) is 6.20 Å². The van der Waals surface area contributed by atoms with Crippen LogP contribution < -0.4 is 5.73 Å². The summed E-state index contributed by atoms with van der Waals surface area (Å²) >= 11 is 0. The molecule has 6 nitrogen and oxygen atoms in total. The van der Waals surface area contributed by atoms with Crippen molar-refractivity contribution in [3.63, 3.8) is 0 Å². The van der Waals surface area contributed by atoms with Crippen molar-refractivity contribution in [1.82, 2.24) is 19.7 Å². The molecule has 0 aromatic carbocycles. The number of likely N-dealkylation sites (tertiary alicyclic amines) is 1. The fourth-order valence-corrected chi connectivity index (χ4v) is 4.67. The van der Waals surface area contributed by atoms with Crippen LogP contribution in [0.5, 0.6) is 0 Å². The monoisotopic (exact) mass is 418 g/mol. The molecule has 3 heterocycles. The molecule has 0 spiro atoms. The highest BCUT2D eigenvalue weighted by atomic mass is 19.4. The van der Waals surface area contributed by atoms with Crippen molar-refractivity contribution in [2.75, 3.05) is 18.8 Å². The maximum absolute atomic E-state index is 13.2. The number of hydrogen-bond donors (Lipinski definition) is 1. The van der Waals surface area contributed by atoms with E-state index in [1.807, 2.05) is 24.6 Å². The van der Waals surface area contributed by atoms with Gasteiger partial charge in [-0.1, -0.05) is 0 Å². The summed E-state index contributed by atoms with van der Waals surface area (Å²) in [6.07, 6.45) is -2.70. The number of aromatic nitrogens is 3. The molecule has 2 unspecified atom stereocenters. The maximum Gasteiger partial charge on any atom is 0.419 e. The topological polar surface area (TPSA) is 83.8 Å². The van der Waals surface area contributed by atoms with Crippen LogP contribution in [-0.4, -0.2) is 38.8 Å². The van der Waals surface area contributed by atoms with Crippen molar-refractivity contribution >= 4 is 5.82 Å². The second kappa shape index (κ2) is 7.27. The molecule has 2 aromatic rings. The zero-order chi connectivity index (χ0) is 21.8. The third kappa shape index (κ3) is 3.54. The van der Waals surface area contributed by atoms with E-state index in [9.17, 15) is 13.2 Å². The van der Waals surface area contributed by atoms with Gasteiger partial charge in [-0.3, -0.25) is 9.58 Å². The van der Waals surface area contributed by atoms with Gasteiger partial charge in [0.25, 0.3) is 0 Å². The van der Waals surface area contributed by atoms with E-state index in [4.69, 9.17) is 11.0 Å². The average molecular weight is 418 g/mol. The van der Waals surface area contributed by atoms with E-state index >= 15 is 0 Å². The molecule has 1 saturated heterocycles. The first-order valence-electron chi connectivity index (χ1n) is 10.1. The predicted molar refractivity (Wildman–Crippen MR) is 106 cm³/mol. The van der Waals surface area contributed by atoms with E-state index < -0.39 is 17.6 Å². The van der Waals surface area contributed by atoms with Crippen molar-refractivity contribution in [3.8, 4) is 17.3 Å². The smallest absolute Gasteiger partial charge is 0.383 e. The lowest BCUT2D eigenvalue weighted by atomic mass is 10.1. The minimum Gasteiger partial charge on any atom is -0.383 e. The van der Waals surface area contributed by atoms with Crippen LogP contribution in [0.25, 0.3) is 11.3 Å². The molecule has 2 aromatic heterocycles. The Morgan fingerprint density at radius 2 is 1.90 bits per heavy atom. The van der Waals surface area contributed by atoms with E-state index in [0.717, 1.165) is 24.8 Å². The van der Waals surface area contributed by atoms with Gasteiger partial charge in [0.1, 0.15) is 5.82 Å². The molecule has 30 heavy (non-hydrogen) atoms. The number of halogens is 3. The number of fused-ring (bicyclic) bond motifs is 1. The summed E-state index contributed by atoms with van der Waals surface area (Å²) in [4.78, 5) is 6.10. The van der Waals surface area contributed by atoms with Gasteiger partial charge in [0.2, 0.25) is 0 Å². The first kappa shape index (κ1) is 20.7. The molecule has 2 aliphatic rings. The average Bonchev–Trinajstić information content (AvgIpc) is 3.03. The lowest BCUT2D eigenvalue weighted by molar-refractivity contribution is -0.137. The summed E-state index contributed by atoms with van der Waals surface area (Å²) in [5.74, 6) is 0.827. The Hall–Kier alpha value is -2.60. The molecule has 0 amide bonds. The molecule has 1 saturated carbocycles. The molecule has 1 aliphatic heterocycles. The molecule has 9 heteroatoms. The number of piperidine rings is 1. The Labute approximate surface area is 173 Å². The third-order valence-corrected chi connectivity index (χ3v) is 6.35. The van der Waals surface area contributed by atoms with Crippen LogP contribution in [0.2, 0.25) is 0 Å². The summed E-state index contributed by atoms with van der Waals surface area (Å²) < 4.78 is 41.6. The number of nitrogen functional groups attached to an aromatic ring is 1. The van der Waals surface area contributed by atoms with Gasteiger partial charge in [-0.25, -0.2) is 4.98 Å². The summed E-state index contributed by atoms with van der Waals surface area (Å²) in [6.45, 7) is 7.99. The van der Waals surface area contributed by atoms with Crippen LogP contribution in [0.3, 0.4) is 0 Å². The summed E-state index contributed by atoms with van der Waals surface area (Å²) in [5.41, 5.74) is 6.35. The van der Waals surface area contributed by atoms with Crippen molar-refractivity contribution in [2.45, 2.75) is 51.4 Å². The Morgan fingerprint density at radius 1 is 1.23 bits per heavy atom. The summed E-state index contributed by atoms with van der Waals surface area (Å²) in [5, 5.41) is 13.5. The van der Waals surface area contributed by atoms with Gasteiger partial charge in [0, 0.05) is 48.5 Å². The van der Waals surface area contributed by atoms with Gasteiger partial charge in [0.15, 0.2) is 0 Å². The zero-order valence-corrected chi connectivity index (χ0v) is 17.2. The molecular weight excluding hydrogens is 393 g/mol. The molecule has 0 bridgehead atoms. The van der Waals surface area contributed by atoms with Gasteiger partial charge in [0.05, 0.1) is 23.7 Å². The van der Waals surface area contributed by atoms with Crippen molar-refractivity contribution in [3.05, 3.63) is 29.6 Å². The Kier molecular flexibility index (Phi) is 5.01. The summed E-state index contributed by atoms with van der Waals surface area (Å²) in [7, 11) is 0. The number of nitrogens with zero attached hydrogens (tertiary/aromatic N) is 5. The maximum atomic E-state index is 13.2. The highest BCUT2D eigenvalue weighted by Crippen LogP contribution is 2.59. The van der Waals surface area contributed by atoms with Crippen LogP contribution in [-0.2, 0) is 6.18 Å². The summed E-state index contributed by atoms with van der Waals surface area (Å²) in [6, 6.07) is 5.50. The minimum atomic E-state index is -4.56. The normalized spacial score (nSPS) is 24.7. The van der Waals surface area contributed by atoms with Gasteiger partial charge in [-0.2, -0.15) is 23.5 Å². The molecule has 2 N–H and O–H groups in total. The van der Waals surface area contributed by atoms with E-state index in [1.54, 1.807) is 0 Å². The van der Waals surface area contributed by atoms with Crippen molar-refractivity contribution in [2.24, 2.45) is 11.8 Å². The van der Waals surface area contributed by atoms with Crippen LogP contribution >= 0.6 is 0 Å². The Bertz CT molecular complexity index is 978. The third-order valence-electron chi connectivity index (χ3n) is 6.35. The molecule has 160 valence electrons. The van der Waals surface area contributed by atoms with Gasteiger partial charge in [-0.05, 0) is 44.7 Å². The SMILES string of the molecule is CC(CC#N)N1C[C@@H]2C(c3cc(-c4cnc(N)c(C(F)(F)F)c4)nn3C(C)C)[C@@H]2C1. The fraction of sp³-hybridized carbons (Fsp3) is 0.571. The van der Waals surface area contributed by atoms with Crippen LogP contribution in [0.1, 0.15) is 50.4 Å². The number of pyridine rings is 1. The fourth-order valence-electron chi connectivity index (χ4n) is 4.67. The first-order valence-corrected chi connectivity index (χ1v) is 10.1. The number of rotatable bonds is 5. The van der Waals surface area contributed by atoms with Crippen molar-refractivity contribution < 1.29 is 13.2 Å². The number of nitrogens with two attached hydrogens (primary N) is 1. The molecule has 4 rings (SSSR count). The Balaban J connectivity index is 1.61. The van der Waals surface area contributed by atoms with Crippen LogP contribution in [0.4, 0.5) is 19.0 Å². The van der Waals surface area contributed by atoms with Gasteiger partial charge in [-0.15, -0.1) is 0 Å². The van der Waals surface area contributed by atoms with E-state index in [2.05, 4.69) is 28.0 Å². The first-order chi connectivity index (χ1) is 14.1. The highest BCUT2D eigenvalue weighted by molar-refractivity contribution is 5.63. The quantitative estimate of drug-likeness (QED) is 0.791. The molecule has 2 fully saturated rings. The second-order valence-corrected chi connectivity index (χ2v) is 8.67. The molecule has 0 radical (unpaired) electrons. The lowest BCUT2D eigenvalue weighted by Gasteiger charge is -2.25. The minimum absolute atomic E-state index is 0.0903. The van der Waals surface area contributed by atoms with Crippen molar-refractivity contribution in [1.29, 1.82) is 5.26 Å². The molecule has 4 atom stereocenters. The standard InChI is InChI=1S/C21H25F3N6/c1-11(2)30-18(19-14-9-29(10-15(14)19)12(3)4-5-25)7-17(28-30)13-6-16(21(22,23)24)20(26)27-8-13/h6-8,11-12,14-15,19H,4,9-10H2,1-3H3,(H2,26,27)/t12?,14-,15+,19?. The number of hydrogen-bond acceptors (Lipinski definition) is 5. The van der Waals surface area contributed by atoms with Gasteiger partial charge >= 0.3 is 6.18 Å². The Morgan fingerprint density at radius 3 is 2.47 bits per heavy atom. The number of anilines is 1. The molecule has 1 aliphatic carbocycles. The molecular formula is C21H25F3N6. The van der Waals surface area contributed by atoms with Crippen LogP contribution in [0, 0.1) is 23.2 Å². The van der Waals surface area contributed by atoms with E-state index in [0.29, 0.717) is 35.4 Å². The number of alkyl halides is 3. The van der Waals surface area contributed by atoms with E-state index in [-0.39, 0.29) is 12.1 Å². The zero-order valence-electron chi connectivity index (χ0n) is 17.2. The lowest BCUT2D eigenvalue weighted by Crippen LogP contribution is -2.33. The largest absolute Gasteiger partial charge is 0.419 e. The second-order valence-electron chi connectivity index (χ2n) is 8.67. The number of nitriles is 1. The van der Waals surface area contributed by atoms with Crippen LogP contribution in [0.15, 0.2) is 18.3 Å².